The molecule has 0 aromatic heterocycles. The van der Waals surface area contributed by atoms with E-state index in [0.717, 1.165) is 0 Å². The van der Waals surface area contributed by atoms with Crippen LogP contribution in [-0.2, 0) is 147 Å². The summed E-state index contributed by atoms with van der Waals surface area (Å²) in [6.45, 7) is 2.15. The molecule has 0 unspecified atom stereocenters. The molecule has 5 aromatic carbocycles. The number of methoxy groups -OCH3 is 12. The lowest BCUT2D eigenvalue weighted by Gasteiger charge is -2.53. The zero-order valence-electron chi connectivity index (χ0n) is 67.6. The van der Waals surface area contributed by atoms with Crippen LogP contribution in [0.5, 0.6) is 28.7 Å². The predicted molar refractivity (Wildman–Crippen MR) is 405 cm³/mol. The van der Waals surface area contributed by atoms with Gasteiger partial charge in [0.15, 0.2) is 31.5 Å². The van der Waals surface area contributed by atoms with E-state index < -0.39 is 178 Å². The SMILES string of the molecule is C=C1O[C@@H]2O[C@H]3[C@H](OC)[C@@H](OC)[C@@H](O[C@H]4[C@H](OC)[C@@H](OC)[C@@H](O[C@H]5[C@H](OC)[C@@H](OC)[C@@H](O[C@H]6[C@H](OC)[C@@H](OC)[C@@H](O[C@H]7[C@H](OC)[C@@H](OC)[C@@H](O[C@H]1[C@H](OC)[C@H]2OC)O[C@@H]7COc1ccc(CO)cc1)O[C@@H]6COc1ccc(CO)cc1)O[C@@H]5COc1ccc(CO)cc1)O[C@@H]4COc1ccc(CO)cc1)O[C@@H]3COc1ccc(CO)cc1. The lowest BCUT2D eigenvalue weighted by Crippen LogP contribution is -2.69. The Morgan fingerprint density at radius 3 is 0.598 bits per heavy atom. The second-order valence-electron chi connectivity index (χ2n) is 28.7. The van der Waals surface area contributed by atoms with Gasteiger partial charge in [0.25, 0.3) is 0 Å². The third-order valence-corrected chi connectivity index (χ3v) is 22.0. The van der Waals surface area contributed by atoms with Crippen LogP contribution in [0.1, 0.15) is 27.8 Å². The Morgan fingerprint density at radius 2 is 0.410 bits per heavy atom. The van der Waals surface area contributed by atoms with Gasteiger partial charge in [-0.1, -0.05) is 67.2 Å². The molecule has 0 saturated carbocycles. The Labute approximate surface area is 680 Å². The number of hydrogen-bond acceptors (Lipinski definition) is 34. The van der Waals surface area contributed by atoms with Crippen LogP contribution in [-0.4, -0.2) is 322 Å². The van der Waals surface area contributed by atoms with Crippen molar-refractivity contribution in [2.75, 3.05) is 118 Å². The normalized spacial score (nSPS) is 35.4. The van der Waals surface area contributed by atoms with E-state index in [2.05, 4.69) is 6.58 Å². The van der Waals surface area contributed by atoms with E-state index in [1.807, 2.05) is 0 Å². The number of hydrogen-bond donors (Lipinski definition) is 5. The Balaban J connectivity index is 0.990. The summed E-state index contributed by atoms with van der Waals surface area (Å²) in [6, 6.07) is 34.3. The second-order valence-corrected chi connectivity index (χ2v) is 28.7. The van der Waals surface area contributed by atoms with Gasteiger partial charge in [0.2, 0.25) is 6.29 Å². The molecule has 5 aromatic rings. The van der Waals surface area contributed by atoms with Crippen LogP contribution in [0.3, 0.4) is 0 Å². The molecule has 5 N–H and O–H groups in total. The molecule has 29 atom stereocenters. The van der Waals surface area contributed by atoms with E-state index >= 15 is 0 Å². The zero-order valence-corrected chi connectivity index (χ0v) is 67.6. The highest BCUT2D eigenvalue weighted by molar-refractivity contribution is 5.31. The van der Waals surface area contributed by atoms with Gasteiger partial charge >= 0.3 is 0 Å². The predicted octanol–water partition coefficient (Wildman–Crippen LogP) is 3.84. The summed E-state index contributed by atoms with van der Waals surface area (Å²) in [7, 11) is 17.6. The third kappa shape index (κ3) is 20.8. The Bertz CT molecular complexity index is 3640. The van der Waals surface area contributed by atoms with Crippen molar-refractivity contribution >= 4 is 0 Å². The highest BCUT2D eigenvalue weighted by Crippen LogP contribution is 2.44. The van der Waals surface area contributed by atoms with Crippen molar-refractivity contribution in [1.29, 1.82) is 0 Å². The van der Waals surface area contributed by atoms with Gasteiger partial charge in [-0.3, -0.25) is 0 Å². The summed E-state index contributed by atoms with van der Waals surface area (Å²) >= 11 is 0. The molecule has 27 rings (SSSR count). The minimum Gasteiger partial charge on any atom is -0.491 e. The molecule has 0 spiro atoms. The van der Waals surface area contributed by atoms with E-state index in [-0.39, 0.29) is 71.8 Å². The van der Waals surface area contributed by atoms with Crippen LogP contribution in [0.2, 0.25) is 0 Å². The van der Waals surface area contributed by atoms with Crippen molar-refractivity contribution in [3.8, 4) is 28.7 Å². The molecule has 648 valence electrons. The molecular weight excluding hydrogens is 1540 g/mol. The number of aliphatic hydroxyl groups is 5. The van der Waals surface area contributed by atoms with Crippen LogP contribution >= 0.6 is 0 Å². The monoisotopic (exact) mass is 1650 g/mol. The first-order chi connectivity index (χ1) is 57.1. The first kappa shape index (κ1) is 89.8. The van der Waals surface area contributed by atoms with Crippen LogP contribution < -0.4 is 23.7 Å². The topological polar surface area (TPSA) is 369 Å². The van der Waals surface area contributed by atoms with E-state index in [9.17, 15) is 25.5 Å². The van der Waals surface area contributed by atoms with Gasteiger partial charge in [0, 0.05) is 85.3 Å². The van der Waals surface area contributed by atoms with Crippen LogP contribution in [0, 0.1) is 0 Å². The molecule has 22 heterocycles. The van der Waals surface area contributed by atoms with Gasteiger partial charge in [-0.25, -0.2) is 0 Å². The number of benzene rings is 5. The zero-order chi connectivity index (χ0) is 82.8. The van der Waals surface area contributed by atoms with Gasteiger partial charge < -0.3 is 163 Å². The Hall–Kier alpha value is -6.48. The molecule has 0 amide bonds. The summed E-state index contributed by atoms with van der Waals surface area (Å²) in [4.78, 5) is 0. The average molecular weight is 1650 g/mol. The van der Waals surface area contributed by atoms with Gasteiger partial charge in [-0.05, 0) is 88.5 Å². The van der Waals surface area contributed by atoms with Crippen molar-refractivity contribution in [2.24, 2.45) is 0 Å². The minimum atomic E-state index is -1.41. The summed E-state index contributed by atoms with van der Waals surface area (Å²) in [5, 5.41) is 50.2. The van der Waals surface area contributed by atoms with Crippen LogP contribution in [0.15, 0.2) is 134 Å². The van der Waals surface area contributed by atoms with Crippen molar-refractivity contribution in [1.82, 2.24) is 0 Å². The van der Waals surface area contributed by atoms with Crippen molar-refractivity contribution < 1.29 is 163 Å². The summed E-state index contributed by atoms with van der Waals surface area (Å²) < 4.78 is 196. The average Bonchev–Trinajstić information content (AvgIpc) is 0.762. The lowest BCUT2D eigenvalue weighted by atomic mass is 9.94. The number of rotatable bonds is 32. The highest BCUT2D eigenvalue weighted by atomic mass is 16.8. The Morgan fingerprint density at radius 1 is 0.231 bits per heavy atom. The van der Waals surface area contributed by atoms with E-state index in [1.165, 1.54) is 85.3 Å². The molecule has 22 aliphatic heterocycles. The van der Waals surface area contributed by atoms with Crippen molar-refractivity contribution in [3.05, 3.63) is 161 Å². The maximum absolute atomic E-state index is 10.1. The van der Waals surface area contributed by atoms with E-state index in [1.54, 1.807) is 121 Å². The van der Waals surface area contributed by atoms with Crippen molar-refractivity contribution in [3.63, 3.8) is 0 Å². The first-order valence-corrected chi connectivity index (χ1v) is 38.6. The van der Waals surface area contributed by atoms with Crippen LogP contribution in [0.25, 0.3) is 0 Å². The number of ether oxygens (including phenoxy) is 29. The summed E-state index contributed by atoms with van der Waals surface area (Å²) in [5.41, 5.74) is 3.21. The van der Waals surface area contributed by atoms with Gasteiger partial charge in [-0.2, -0.15) is 0 Å². The highest BCUT2D eigenvalue weighted by Gasteiger charge is 2.61. The molecule has 117 heavy (non-hydrogen) atoms. The van der Waals surface area contributed by atoms with Gasteiger partial charge in [-0.15, -0.1) is 0 Å². The molecule has 12 bridgehead atoms. The maximum Gasteiger partial charge on any atom is 0.229 e. The number of aliphatic hydroxyl groups excluding tert-OH is 5. The standard InChI is InChI=1S/C83H112O34/c1-44-60-66(89-2)72(95-8)78(106-44)113-61-55(39-101-50-24-14-45(34-84)15-25-50)108-80(74(97-10)67(61)90-3)115-63-57(41-103-52-28-18-47(36-86)19-29-52)110-82(76(99-12)69(63)92-5)117-65-59(43-105-54-32-22-49(38-88)23-33-54)111-83(77(100-13)71(65)94-7)116-64-58(42-104-53-30-20-48(37-87)21-31-53)109-81(75(98-11)70(64)93-6)114-62-56(40-102-51-26-16-46(35-85)17-27-51)107-79(112-60)73(96-9)68(62)91-4/h14-33,55-88H,1,34-43H2,2-13H3/t55-,56-,57-,58-,59-,60-,61-,62-,63-,64-,65-,66+,67+,68+,69+,70+,71+,72-,73-,74-,75-,76-,77-,78-,79-,80-,81-,82-,83-/m1/s1. The quantitative estimate of drug-likeness (QED) is 0.0408. The maximum atomic E-state index is 10.1. The van der Waals surface area contributed by atoms with Gasteiger partial charge in [0.05, 0.1) is 33.0 Å². The first-order valence-electron chi connectivity index (χ1n) is 38.6. The largest absolute Gasteiger partial charge is 0.491 e. The van der Waals surface area contributed by atoms with Crippen LogP contribution in [0.4, 0.5) is 0 Å². The fourth-order valence-corrected chi connectivity index (χ4v) is 15.8. The second kappa shape index (κ2) is 43.3. The fraction of sp³-hybridized carbons (Fsp3) is 0.614. The molecular formula is C83H112O34. The lowest BCUT2D eigenvalue weighted by molar-refractivity contribution is -0.403. The minimum absolute atomic E-state index is 0.00513. The Kier molecular flexibility index (Phi) is 33.2. The fourth-order valence-electron chi connectivity index (χ4n) is 15.8. The van der Waals surface area contributed by atoms with Gasteiger partial charge in [0.1, 0.15) is 208 Å². The molecule has 22 saturated heterocycles. The molecule has 34 heteroatoms. The van der Waals surface area contributed by atoms with E-state index in [0.29, 0.717) is 56.6 Å². The molecule has 0 radical (unpaired) electrons. The molecule has 0 aliphatic carbocycles. The van der Waals surface area contributed by atoms with Crippen molar-refractivity contribution in [2.45, 2.75) is 211 Å². The smallest absolute Gasteiger partial charge is 0.229 e. The third-order valence-electron chi connectivity index (χ3n) is 22.0. The molecule has 22 fully saturated rings. The summed E-state index contributed by atoms with van der Waals surface area (Å²) in [5.74, 6) is 2.03. The molecule has 22 aliphatic rings. The summed E-state index contributed by atoms with van der Waals surface area (Å²) in [6.07, 6.45) is -35.0. The molecule has 34 nitrogen and oxygen atoms in total. The van der Waals surface area contributed by atoms with E-state index in [4.69, 9.17) is 137 Å².